The molecule has 0 radical (unpaired) electrons. The zero-order valence-corrected chi connectivity index (χ0v) is 16.9. The summed E-state index contributed by atoms with van der Waals surface area (Å²) < 4.78 is 78.5. The maximum atomic E-state index is 13.8. The molecule has 0 aliphatic rings. The molecule has 2 aromatic rings. The molecular weight excluding hydrogens is 449 g/mol. The number of benzene rings is 1. The number of methoxy groups -OCH3 is 2. The van der Waals surface area contributed by atoms with Crippen LogP contribution in [0.5, 0.6) is 11.5 Å². The third kappa shape index (κ3) is 3.48. The fourth-order valence-electron chi connectivity index (χ4n) is 2.36. The third-order valence-corrected chi connectivity index (χ3v) is 5.35. The van der Waals surface area contributed by atoms with Crippen LogP contribution in [-0.2, 0) is 5.41 Å². The molecule has 2 rings (SSSR count). The molecule has 0 saturated carbocycles. The van der Waals surface area contributed by atoms with Gasteiger partial charge in [-0.05, 0) is 15.9 Å². The number of nitrogen functional groups attached to an aromatic ring is 1. The maximum Gasteiger partial charge on any atom is 0.314 e. The van der Waals surface area contributed by atoms with E-state index in [1.807, 2.05) is 0 Å². The van der Waals surface area contributed by atoms with Gasteiger partial charge in [0.05, 0.1) is 29.6 Å². The van der Waals surface area contributed by atoms with Crippen LogP contribution in [0.25, 0.3) is 10.9 Å². The van der Waals surface area contributed by atoms with E-state index in [1.54, 1.807) is 20.8 Å². The lowest BCUT2D eigenvalue weighted by Gasteiger charge is -2.42. The van der Waals surface area contributed by atoms with E-state index in [2.05, 4.69) is 30.6 Å². The van der Waals surface area contributed by atoms with E-state index in [0.29, 0.717) is 0 Å². The molecule has 1 aromatic heterocycles. The quantitative estimate of drug-likeness (QED) is 0.567. The highest BCUT2D eigenvalue weighted by atomic mass is 79.9. The van der Waals surface area contributed by atoms with Gasteiger partial charge in [0.2, 0.25) is 0 Å². The van der Waals surface area contributed by atoms with Gasteiger partial charge in [-0.2, -0.15) is 0 Å². The van der Waals surface area contributed by atoms with E-state index in [1.165, 1.54) is 0 Å². The van der Waals surface area contributed by atoms with Crippen LogP contribution in [0.2, 0.25) is 0 Å². The van der Waals surface area contributed by atoms with Gasteiger partial charge in [0, 0.05) is 5.41 Å². The molecule has 5 nitrogen and oxygen atoms in total. The molecule has 0 fully saturated rings. The molecule has 0 aliphatic carbocycles. The smallest absolute Gasteiger partial charge is 0.314 e. The van der Waals surface area contributed by atoms with E-state index < -0.39 is 48.8 Å². The first-order valence-electron chi connectivity index (χ1n) is 7.07. The van der Waals surface area contributed by atoms with Crippen molar-refractivity contribution in [1.29, 1.82) is 0 Å². The van der Waals surface area contributed by atoms with E-state index in [-0.39, 0.29) is 10.3 Å². The first-order chi connectivity index (χ1) is 11.4. The third-order valence-electron chi connectivity index (χ3n) is 3.45. The van der Waals surface area contributed by atoms with Crippen molar-refractivity contribution >= 4 is 42.9 Å². The predicted molar refractivity (Wildman–Crippen MR) is 94.9 cm³/mol. The molecule has 148 valence electrons. The van der Waals surface area contributed by atoms with Gasteiger partial charge in [-0.1, -0.05) is 40.2 Å². The Morgan fingerprint density at radius 1 is 0.962 bits per heavy atom. The normalized spacial score (nSPS) is 15.5. The molecule has 0 saturated heterocycles. The summed E-state index contributed by atoms with van der Waals surface area (Å²) in [5, 5.41) is -1.04. The van der Waals surface area contributed by atoms with Gasteiger partial charge in [-0.25, -0.2) is 9.97 Å². The van der Waals surface area contributed by atoms with Crippen molar-refractivity contribution in [2.45, 2.75) is 31.1 Å². The summed E-state index contributed by atoms with van der Waals surface area (Å²) in [6.45, 7) is 5.11. The average molecular weight is 466 g/mol. The number of rotatable bonds is 3. The summed E-state index contributed by atoms with van der Waals surface area (Å²) in [4.78, 5) is 5.55. The first kappa shape index (κ1) is 20.7. The second-order valence-electron chi connectivity index (χ2n) is 6.58. The van der Waals surface area contributed by atoms with E-state index in [4.69, 9.17) is 10.5 Å². The first-order valence-corrected chi connectivity index (χ1v) is 9.82. The van der Waals surface area contributed by atoms with E-state index in [0.717, 1.165) is 14.2 Å². The van der Waals surface area contributed by atoms with Crippen LogP contribution < -0.4 is 15.2 Å². The van der Waals surface area contributed by atoms with Gasteiger partial charge in [-0.3, -0.25) is 0 Å². The van der Waals surface area contributed by atoms with Crippen molar-refractivity contribution in [2.24, 2.45) is 0 Å². The zero-order chi connectivity index (χ0) is 20.4. The molecule has 0 amide bonds. The van der Waals surface area contributed by atoms with E-state index >= 15 is 0 Å². The summed E-state index contributed by atoms with van der Waals surface area (Å²) in [7, 11) is -8.40. The Morgan fingerprint density at radius 2 is 1.46 bits per heavy atom. The van der Waals surface area contributed by atoms with Crippen molar-refractivity contribution in [1.82, 2.24) is 9.97 Å². The summed E-state index contributed by atoms with van der Waals surface area (Å²) in [6.07, 6.45) is 0. The minimum Gasteiger partial charge on any atom is -0.492 e. The number of anilines is 1. The average Bonchev–Trinajstić information content (AvgIpc) is 2.43. The second kappa shape index (κ2) is 5.24. The fourth-order valence-corrected chi connectivity index (χ4v) is 4.10. The number of halogens is 6. The van der Waals surface area contributed by atoms with Crippen LogP contribution in [-0.4, -0.2) is 24.2 Å². The summed E-state index contributed by atoms with van der Waals surface area (Å²) in [5.74, 6) is -2.40. The van der Waals surface area contributed by atoms with Crippen LogP contribution >= 0.6 is 26.2 Å². The van der Waals surface area contributed by atoms with Crippen molar-refractivity contribution in [3.63, 3.8) is 0 Å². The molecule has 0 unspecified atom stereocenters. The van der Waals surface area contributed by atoms with Crippen LogP contribution in [0.3, 0.4) is 0 Å². The molecule has 0 spiro atoms. The lowest BCUT2D eigenvalue weighted by Crippen LogP contribution is -2.19. The minimum atomic E-state index is -10.2. The topological polar surface area (TPSA) is 70.3 Å². The highest BCUT2D eigenvalue weighted by molar-refractivity contribution is 9.10. The Labute approximate surface area is 154 Å². The van der Waals surface area contributed by atoms with Crippen LogP contribution in [0.1, 0.15) is 26.6 Å². The molecule has 26 heavy (non-hydrogen) atoms. The molecule has 2 N–H and O–H groups in total. The number of nitrogens with two attached hydrogens (primary N) is 1. The lowest BCUT2D eigenvalue weighted by atomic mass is 9.95. The molecular formula is C14H17BrF5N3O2S. The summed E-state index contributed by atoms with van der Waals surface area (Å²) >= 11 is 3.05. The Kier molecular flexibility index (Phi) is 4.19. The van der Waals surface area contributed by atoms with Crippen LogP contribution in [0, 0.1) is 0 Å². The number of hydrogen-bond acceptors (Lipinski definition) is 5. The molecule has 1 heterocycles. The molecule has 12 heteroatoms. The number of hydrogen-bond donors (Lipinski definition) is 1. The van der Waals surface area contributed by atoms with E-state index in [9.17, 15) is 19.4 Å². The Hall–Kier alpha value is -1.56. The highest BCUT2D eigenvalue weighted by Gasteiger charge is 2.69. The molecule has 0 aliphatic heterocycles. The van der Waals surface area contributed by atoms with Crippen molar-refractivity contribution in [3.05, 3.63) is 10.3 Å². The Bertz CT molecular complexity index is 914. The largest absolute Gasteiger partial charge is 0.492 e. The van der Waals surface area contributed by atoms with Crippen LogP contribution in [0.15, 0.2) is 9.37 Å². The molecule has 1 aromatic carbocycles. The monoisotopic (exact) mass is 465 g/mol. The zero-order valence-electron chi connectivity index (χ0n) is 14.5. The van der Waals surface area contributed by atoms with Gasteiger partial charge in [0.1, 0.15) is 11.6 Å². The van der Waals surface area contributed by atoms with Gasteiger partial charge in [-0.15, -0.1) is 0 Å². The Morgan fingerprint density at radius 3 is 1.85 bits per heavy atom. The maximum absolute atomic E-state index is 13.8. The number of ether oxygens (including phenoxy) is 2. The van der Waals surface area contributed by atoms with Crippen molar-refractivity contribution in [2.75, 3.05) is 20.0 Å². The standard InChI is InChI=1S/C14H17BrF5N3O2S/c1-14(2,3)13-22-8-6(12(21)23-13)11(26(16,17,18,19)20)10(25-5)9(24-4)7(8)15/h1-5H3,(H2,21,22,23). The SMILES string of the molecule is COc1c(OC)c(S(F)(F)(F)(F)F)c2c(N)nc(C(C)(C)C)nc2c1Br. The molecule has 0 atom stereocenters. The van der Waals surface area contributed by atoms with Crippen molar-refractivity contribution in [3.8, 4) is 11.5 Å². The fraction of sp³-hybridized carbons (Fsp3) is 0.429. The highest BCUT2D eigenvalue weighted by Crippen LogP contribution is 3.04. The number of fused-ring (bicyclic) bond motifs is 1. The Balaban J connectivity index is 3.25. The number of nitrogens with zero attached hydrogens (tertiary/aromatic N) is 2. The predicted octanol–water partition coefficient (Wildman–Crippen LogP) is 5.95. The number of aromatic nitrogens is 2. The van der Waals surface area contributed by atoms with Crippen molar-refractivity contribution < 1.29 is 28.9 Å². The van der Waals surface area contributed by atoms with Gasteiger partial charge in [0.25, 0.3) is 0 Å². The van der Waals surface area contributed by atoms with Crippen LogP contribution in [0.4, 0.5) is 25.2 Å². The van der Waals surface area contributed by atoms with Gasteiger partial charge < -0.3 is 15.2 Å². The van der Waals surface area contributed by atoms with Gasteiger partial charge >= 0.3 is 10.2 Å². The summed E-state index contributed by atoms with van der Waals surface area (Å²) in [5.41, 5.74) is 4.54. The lowest BCUT2D eigenvalue weighted by molar-refractivity contribution is 0.325. The second-order valence-corrected chi connectivity index (χ2v) is 9.72. The molecule has 0 bridgehead atoms. The summed E-state index contributed by atoms with van der Waals surface area (Å²) in [6, 6.07) is 0. The van der Waals surface area contributed by atoms with Gasteiger partial charge in [0.15, 0.2) is 16.4 Å². The minimum absolute atomic E-state index is 0.0866.